The van der Waals surface area contributed by atoms with E-state index < -0.39 is 0 Å². The van der Waals surface area contributed by atoms with Crippen LogP contribution in [0.15, 0.2) is 24.3 Å². The molecule has 68 valence electrons. The van der Waals surface area contributed by atoms with E-state index in [2.05, 4.69) is 38.1 Å². The van der Waals surface area contributed by atoms with E-state index in [1.807, 2.05) is 0 Å². The minimum absolute atomic E-state index is 0. The molecule has 0 heteroatoms. The lowest BCUT2D eigenvalue weighted by Gasteiger charge is -1.99. The molecule has 0 heterocycles. The van der Waals surface area contributed by atoms with Crippen LogP contribution in [-0.4, -0.2) is 0 Å². The average molecular weight is 164 g/mol. The number of aryl methyl sites for hydroxylation is 2. The van der Waals surface area contributed by atoms with Crippen LogP contribution in [0.25, 0.3) is 0 Å². The van der Waals surface area contributed by atoms with Gasteiger partial charge in [0.2, 0.25) is 0 Å². The summed E-state index contributed by atoms with van der Waals surface area (Å²) in [7, 11) is 0. The summed E-state index contributed by atoms with van der Waals surface area (Å²) in [5.74, 6) is 0. The molecule has 12 heavy (non-hydrogen) atoms. The smallest absolute Gasteiger partial charge is 0.0281 e. The first kappa shape index (κ1) is 11.2. The Morgan fingerprint density at radius 2 is 1.42 bits per heavy atom. The zero-order chi connectivity index (χ0) is 8.10. The number of benzene rings is 1. The maximum absolute atomic E-state index is 2.24. The van der Waals surface area contributed by atoms with Gasteiger partial charge in [-0.2, -0.15) is 0 Å². The van der Waals surface area contributed by atoms with Crippen LogP contribution in [0.3, 0.4) is 0 Å². The van der Waals surface area contributed by atoms with Crippen molar-refractivity contribution in [2.75, 3.05) is 0 Å². The second kappa shape index (κ2) is 5.82. The lowest BCUT2D eigenvalue weighted by Crippen LogP contribution is -1.84. The van der Waals surface area contributed by atoms with Gasteiger partial charge in [0.15, 0.2) is 0 Å². The molecule has 0 aliphatic rings. The maximum atomic E-state index is 2.24. The standard InChI is InChI=1S/C11H16.CH4/c1-3-5-11-8-6-10(4-2)7-9-11;/h6-9H,3-5H2,1-2H3;1H4. The Bertz CT molecular complexity index is 196. The van der Waals surface area contributed by atoms with Crippen LogP contribution in [0.2, 0.25) is 0 Å². The molecule has 0 aromatic heterocycles. The Balaban J connectivity index is 0.00000121. The van der Waals surface area contributed by atoms with Crippen LogP contribution in [0.4, 0.5) is 0 Å². The van der Waals surface area contributed by atoms with Crippen molar-refractivity contribution in [2.45, 2.75) is 40.5 Å². The molecule has 1 rings (SSSR count). The molecule has 0 spiro atoms. The van der Waals surface area contributed by atoms with Gasteiger partial charge in [-0.1, -0.05) is 52.0 Å². The van der Waals surface area contributed by atoms with Crippen LogP contribution in [-0.2, 0) is 12.8 Å². The molecule has 0 N–H and O–H groups in total. The fraction of sp³-hybridized carbons (Fsp3) is 0.500. The van der Waals surface area contributed by atoms with Crippen LogP contribution < -0.4 is 0 Å². The van der Waals surface area contributed by atoms with Crippen molar-refractivity contribution in [2.24, 2.45) is 0 Å². The molecular weight excluding hydrogens is 144 g/mol. The average Bonchev–Trinajstić information content (AvgIpc) is 2.07. The Kier molecular flexibility index (Phi) is 5.44. The third kappa shape index (κ3) is 3.08. The molecule has 0 radical (unpaired) electrons. The van der Waals surface area contributed by atoms with Gasteiger partial charge in [0.25, 0.3) is 0 Å². The molecule has 0 fully saturated rings. The Morgan fingerprint density at radius 1 is 0.917 bits per heavy atom. The van der Waals surface area contributed by atoms with E-state index in [1.165, 1.54) is 24.0 Å². The zero-order valence-corrected chi connectivity index (χ0v) is 7.43. The van der Waals surface area contributed by atoms with E-state index in [1.54, 1.807) is 0 Å². The summed E-state index contributed by atoms with van der Waals surface area (Å²) in [5.41, 5.74) is 2.90. The molecule has 0 saturated heterocycles. The monoisotopic (exact) mass is 164 g/mol. The molecule has 0 saturated carbocycles. The third-order valence-corrected chi connectivity index (χ3v) is 1.97. The van der Waals surface area contributed by atoms with Gasteiger partial charge in [0.1, 0.15) is 0 Å². The molecule has 0 aliphatic carbocycles. The van der Waals surface area contributed by atoms with Crippen molar-refractivity contribution in [1.82, 2.24) is 0 Å². The summed E-state index contributed by atoms with van der Waals surface area (Å²) in [6, 6.07) is 8.93. The molecule has 0 bridgehead atoms. The summed E-state index contributed by atoms with van der Waals surface area (Å²) >= 11 is 0. The number of hydrogen-bond acceptors (Lipinski definition) is 0. The van der Waals surface area contributed by atoms with Gasteiger partial charge in [-0.3, -0.25) is 0 Å². The highest BCUT2D eigenvalue weighted by atomic mass is 14.0. The van der Waals surface area contributed by atoms with Gasteiger partial charge in [-0.15, -0.1) is 0 Å². The molecule has 0 nitrogen and oxygen atoms in total. The van der Waals surface area contributed by atoms with Gasteiger partial charge < -0.3 is 0 Å². The first-order chi connectivity index (χ1) is 5.36. The fourth-order valence-electron chi connectivity index (χ4n) is 1.23. The summed E-state index contributed by atoms with van der Waals surface area (Å²) in [6.07, 6.45) is 3.60. The van der Waals surface area contributed by atoms with E-state index in [0.717, 1.165) is 6.42 Å². The van der Waals surface area contributed by atoms with Crippen LogP contribution in [0.1, 0.15) is 38.8 Å². The summed E-state index contributed by atoms with van der Waals surface area (Å²) in [4.78, 5) is 0. The molecule has 0 atom stereocenters. The van der Waals surface area contributed by atoms with Gasteiger partial charge in [0.05, 0.1) is 0 Å². The Hall–Kier alpha value is -0.780. The highest BCUT2D eigenvalue weighted by Crippen LogP contribution is 2.06. The van der Waals surface area contributed by atoms with E-state index in [-0.39, 0.29) is 7.43 Å². The van der Waals surface area contributed by atoms with Crippen molar-refractivity contribution < 1.29 is 0 Å². The van der Waals surface area contributed by atoms with Crippen LogP contribution in [0, 0.1) is 0 Å². The molecular formula is C12H20. The Morgan fingerprint density at radius 3 is 1.83 bits per heavy atom. The largest absolute Gasteiger partial charge is 0.0776 e. The van der Waals surface area contributed by atoms with Gasteiger partial charge in [-0.05, 0) is 24.0 Å². The normalized spacial score (nSPS) is 9.17. The zero-order valence-electron chi connectivity index (χ0n) is 7.43. The van der Waals surface area contributed by atoms with Crippen LogP contribution in [0.5, 0.6) is 0 Å². The van der Waals surface area contributed by atoms with E-state index in [9.17, 15) is 0 Å². The highest BCUT2D eigenvalue weighted by Gasteiger charge is 1.90. The topological polar surface area (TPSA) is 0 Å². The lowest BCUT2D eigenvalue weighted by molar-refractivity contribution is 0.920. The second-order valence-electron chi connectivity index (χ2n) is 2.92. The van der Waals surface area contributed by atoms with Crippen molar-refractivity contribution in [3.8, 4) is 0 Å². The van der Waals surface area contributed by atoms with E-state index in [4.69, 9.17) is 0 Å². The predicted octanol–water partition coefficient (Wildman–Crippen LogP) is 3.84. The predicted molar refractivity (Wildman–Crippen MR) is 56.5 cm³/mol. The van der Waals surface area contributed by atoms with Crippen molar-refractivity contribution in [1.29, 1.82) is 0 Å². The first-order valence-corrected chi connectivity index (χ1v) is 4.44. The number of hydrogen-bond donors (Lipinski definition) is 0. The molecule has 0 amide bonds. The van der Waals surface area contributed by atoms with Crippen molar-refractivity contribution in [3.63, 3.8) is 0 Å². The summed E-state index contributed by atoms with van der Waals surface area (Å²) < 4.78 is 0. The molecule has 1 aromatic rings. The Labute approximate surface area is 76.6 Å². The first-order valence-electron chi connectivity index (χ1n) is 4.44. The molecule has 0 aliphatic heterocycles. The van der Waals surface area contributed by atoms with Crippen molar-refractivity contribution in [3.05, 3.63) is 35.4 Å². The van der Waals surface area contributed by atoms with Gasteiger partial charge in [0, 0.05) is 0 Å². The maximum Gasteiger partial charge on any atom is -0.0281 e. The lowest BCUT2D eigenvalue weighted by atomic mass is 10.1. The van der Waals surface area contributed by atoms with Crippen molar-refractivity contribution >= 4 is 0 Å². The van der Waals surface area contributed by atoms with Crippen LogP contribution >= 0.6 is 0 Å². The minimum Gasteiger partial charge on any atom is -0.0776 e. The van der Waals surface area contributed by atoms with E-state index >= 15 is 0 Å². The summed E-state index contributed by atoms with van der Waals surface area (Å²) in [6.45, 7) is 4.41. The second-order valence-corrected chi connectivity index (χ2v) is 2.92. The summed E-state index contributed by atoms with van der Waals surface area (Å²) in [5, 5.41) is 0. The minimum atomic E-state index is 0. The molecule has 1 aromatic carbocycles. The van der Waals surface area contributed by atoms with Gasteiger partial charge in [-0.25, -0.2) is 0 Å². The third-order valence-electron chi connectivity index (χ3n) is 1.97. The van der Waals surface area contributed by atoms with Gasteiger partial charge >= 0.3 is 0 Å². The fourth-order valence-corrected chi connectivity index (χ4v) is 1.23. The highest BCUT2D eigenvalue weighted by molar-refractivity contribution is 5.22. The number of rotatable bonds is 3. The quantitative estimate of drug-likeness (QED) is 0.636. The molecule has 0 unspecified atom stereocenters. The van der Waals surface area contributed by atoms with E-state index in [0.29, 0.717) is 0 Å². The SMILES string of the molecule is C.CCCc1ccc(CC)cc1.